The molecule has 19 nitrogen and oxygen atoms in total. The van der Waals surface area contributed by atoms with Gasteiger partial charge in [0.2, 0.25) is 5.82 Å². The van der Waals surface area contributed by atoms with Gasteiger partial charge in [-0.05, 0) is 139 Å². The lowest BCUT2D eigenvalue weighted by Crippen LogP contribution is -1.96. The summed E-state index contributed by atoms with van der Waals surface area (Å²) >= 11 is 2.75. The number of thiophene rings is 2. The first kappa shape index (κ1) is 65.0. The molecule has 0 radical (unpaired) electrons. The van der Waals surface area contributed by atoms with Gasteiger partial charge in [-0.25, -0.2) is 19.2 Å². The number of hydrogen-bond donors (Lipinski definition) is 9. The molecule has 9 N–H and O–H groups in total. The molecular formula is C56H59N5O14S3. The molecule has 9 rings (SSSR count). The Labute approximate surface area is 458 Å². The third kappa shape index (κ3) is 26.4. The van der Waals surface area contributed by atoms with Crippen molar-refractivity contribution < 1.29 is 67.9 Å². The summed E-state index contributed by atoms with van der Waals surface area (Å²) in [4.78, 5) is 47.3. The molecule has 0 saturated heterocycles. The van der Waals surface area contributed by atoms with Gasteiger partial charge in [0.05, 0.1) is 21.6 Å². The average molecular weight is 1120 g/mol. The third-order valence-corrected chi connectivity index (χ3v) is 12.3. The van der Waals surface area contributed by atoms with Crippen LogP contribution in [-0.2, 0) is 10.1 Å². The second-order valence-corrected chi connectivity index (χ2v) is 20.2. The van der Waals surface area contributed by atoms with Gasteiger partial charge in [-0.3, -0.25) is 9.54 Å². The molecule has 0 spiro atoms. The summed E-state index contributed by atoms with van der Waals surface area (Å²) in [6, 6.07) is 40.6. The maximum atomic E-state index is 10.5. The molecule has 0 unspecified atom stereocenters. The number of aryl methyl sites for hydroxylation is 8. The highest BCUT2D eigenvalue weighted by Gasteiger charge is 2.07. The van der Waals surface area contributed by atoms with Crippen molar-refractivity contribution in [1.82, 2.24) is 25.6 Å². The number of pyridine rings is 1. The molecule has 0 saturated carbocycles. The van der Waals surface area contributed by atoms with E-state index < -0.39 is 34.0 Å². The van der Waals surface area contributed by atoms with Crippen LogP contribution in [0.2, 0.25) is 0 Å². The van der Waals surface area contributed by atoms with E-state index in [0.717, 1.165) is 37.7 Å². The molecule has 410 valence electrons. The number of phenols is 3. The summed E-state index contributed by atoms with van der Waals surface area (Å²) in [7, 11) is -4.02. The van der Waals surface area contributed by atoms with Gasteiger partial charge in [0.25, 0.3) is 10.1 Å². The number of aromatic hydroxyl groups is 3. The van der Waals surface area contributed by atoms with Crippen LogP contribution in [0.3, 0.4) is 0 Å². The number of nitrogens with zero attached hydrogens (tertiary/aromatic N) is 4. The quantitative estimate of drug-likeness (QED) is 0.0699. The van der Waals surface area contributed by atoms with Crippen molar-refractivity contribution in [2.75, 3.05) is 0 Å². The lowest BCUT2D eigenvalue weighted by molar-refractivity contribution is 0.0685. The molecule has 0 aliphatic heterocycles. The first-order valence-electron chi connectivity index (χ1n) is 22.8. The number of benzene rings is 5. The van der Waals surface area contributed by atoms with E-state index in [4.69, 9.17) is 40.3 Å². The summed E-state index contributed by atoms with van der Waals surface area (Å²) in [5.74, 6) is -2.31. The van der Waals surface area contributed by atoms with Crippen molar-refractivity contribution in [1.29, 1.82) is 0 Å². The van der Waals surface area contributed by atoms with E-state index in [1.165, 1.54) is 70.3 Å². The van der Waals surface area contributed by atoms with Gasteiger partial charge in [0.15, 0.2) is 0 Å². The number of aromatic nitrogens is 5. The van der Waals surface area contributed by atoms with Gasteiger partial charge in [-0.15, -0.1) is 32.9 Å². The number of tetrazole rings is 1. The normalized spacial score (nSPS) is 9.76. The Balaban J connectivity index is 0.000000306. The van der Waals surface area contributed by atoms with Gasteiger partial charge in [-0.1, -0.05) is 89.0 Å². The van der Waals surface area contributed by atoms with Gasteiger partial charge in [0, 0.05) is 38.7 Å². The van der Waals surface area contributed by atoms with Crippen molar-refractivity contribution in [3.8, 4) is 28.6 Å². The van der Waals surface area contributed by atoms with Crippen LogP contribution in [0.5, 0.6) is 17.2 Å². The van der Waals surface area contributed by atoms with Crippen molar-refractivity contribution in [2.45, 2.75) is 60.3 Å². The molecule has 22 heteroatoms. The number of H-pyrrole nitrogens is 1. The van der Waals surface area contributed by atoms with Crippen LogP contribution in [-0.4, -0.2) is 98.2 Å². The van der Waals surface area contributed by atoms with Crippen molar-refractivity contribution in [3.05, 3.63) is 222 Å². The molecule has 9 aromatic rings. The predicted octanol–water partition coefficient (Wildman–Crippen LogP) is 11.8. The maximum absolute atomic E-state index is 10.5. The fourth-order valence-electron chi connectivity index (χ4n) is 5.24. The molecule has 0 amide bonds. The third-order valence-electron chi connectivity index (χ3n) is 9.59. The van der Waals surface area contributed by atoms with Crippen LogP contribution in [0.25, 0.3) is 11.4 Å². The number of phenolic OH excluding ortho intramolecular Hbond substituents is 3. The lowest BCUT2D eigenvalue weighted by atomic mass is 10.1. The monoisotopic (exact) mass is 1120 g/mol. The topological polar surface area (TPSA) is 332 Å². The Hall–Kier alpha value is -9.09. The highest BCUT2D eigenvalue weighted by molar-refractivity contribution is 7.85. The van der Waals surface area contributed by atoms with Crippen LogP contribution in [0, 0.1) is 55.4 Å². The van der Waals surface area contributed by atoms with E-state index in [-0.39, 0.29) is 22.0 Å². The Kier molecular flexibility index (Phi) is 27.6. The standard InChI is InChI=1S/C8H8N4.C8H8O2.C7H7NO2.C7H8O3S.C7H8O2.C7H8O.2C6H6O2S/c1-6-2-4-7(5-3-6)8-9-11-12-10-8;1-6-2-4-7(5-3-6)8(9)10;1-5-2-3-6(4-8-5)7(9)10;1-6-2-4-7(5-3-6)11(8,9)10;1-5-2-3-6(8)4-7(5)9;1-6-2-4-7(8)5-3-6;1-4-2-5(3-9-4)6(7)8;1-4-2-3-5(9-4)6(7)8/h2-5H,1H3,(H,9,10,11,12);2-5H,1H3,(H,9,10);2-4H,1H3,(H,9,10);2-5H,1H3,(H,8,9,10);2-4,8-9H,1H3;2-5,8H,1H3;2*2-3H,1H3,(H,7,8). The van der Waals surface area contributed by atoms with Crippen LogP contribution in [0.1, 0.15) is 84.0 Å². The van der Waals surface area contributed by atoms with Crippen molar-refractivity contribution in [3.63, 3.8) is 0 Å². The predicted molar refractivity (Wildman–Crippen MR) is 299 cm³/mol. The molecular weight excluding hydrogens is 1060 g/mol. The minimum atomic E-state index is -4.02. The van der Waals surface area contributed by atoms with E-state index in [1.54, 1.807) is 91.2 Å². The van der Waals surface area contributed by atoms with E-state index in [0.29, 0.717) is 27.6 Å². The minimum Gasteiger partial charge on any atom is -0.508 e. The Morgan fingerprint density at radius 1 is 0.513 bits per heavy atom. The summed E-state index contributed by atoms with van der Waals surface area (Å²) in [6.45, 7) is 15.1. The van der Waals surface area contributed by atoms with Crippen LogP contribution >= 0.6 is 22.7 Å². The molecule has 78 heavy (non-hydrogen) atoms. The van der Waals surface area contributed by atoms with Crippen molar-refractivity contribution >= 4 is 56.7 Å². The first-order chi connectivity index (χ1) is 36.6. The minimum absolute atomic E-state index is 0.0666. The van der Waals surface area contributed by atoms with E-state index in [1.807, 2.05) is 84.9 Å². The number of carboxylic acid groups (broad SMARTS) is 4. The molecule has 4 aromatic heterocycles. The molecule has 4 heterocycles. The summed E-state index contributed by atoms with van der Waals surface area (Å²) in [6.07, 6.45) is 1.34. The first-order valence-corrected chi connectivity index (χ1v) is 25.9. The molecule has 5 aromatic carbocycles. The number of rotatable bonds is 6. The van der Waals surface area contributed by atoms with E-state index in [9.17, 15) is 27.6 Å². The second kappa shape index (κ2) is 33.1. The fraction of sp³-hybridized carbons (Fsp3) is 0.143. The van der Waals surface area contributed by atoms with Crippen LogP contribution in [0.4, 0.5) is 0 Å². The van der Waals surface area contributed by atoms with E-state index >= 15 is 0 Å². The number of aromatic amines is 1. The largest absolute Gasteiger partial charge is 0.508 e. The van der Waals surface area contributed by atoms with E-state index in [2.05, 4.69) is 25.6 Å². The Morgan fingerprint density at radius 2 is 1.00 bits per heavy atom. The molecule has 0 aliphatic rings. The number of hydrogen-bond acceptors (Lipinski definition) is 15. The number of carbonyl (C=O) groups is 4. The van der Waals surface area contributed by atoms with Crippen LogP contribution in [0.15, 0.2) is 162 Å². The lowest BCUT2D eigenvalue weighted by Gasteiger charge is -1.96. The number of nitrogens with one attached hydrogen (secondary N) is 1. The average Bonchev–Trinajstić information content (AvgIpc) is 4.20. The zero-order valence-corrected chi connectivity index (χ0v) is 46.0. The van der Waals surface area contributed by atoms with Gasteiger partial charge in [0.1, 0.15) is 22.1 Å². The molecule has 0 bridgehead atoms. The molecule has 0 aliphatic carbocycles. The number of aromatic carboxylic acids is 4. The summed E-state index contributed by atoms with van der Waals surface area (Å²) in [5, 5.41) is 75.5. The van der Waals surface area contributed by atoms with Gasteiger partial charge < -0.3 is 35.7 Å². The Bertz CT molecular complexity index is 3240. The zero-order chi connectivity index (χ0) is 58.5. The highest BCUT2D eigenvalue weighted by Crippen LogP contribution is 2.21. The smallest absolute Gasteiger partial charge is 0.345 e. The van der Waals surface area contributed by atoms with Gasteiger partial charge >= 0.3 is 23.9 Å². The maximum Gasteiger partial charge on any atom is 0.345 e. The summed E-state index contributed by atoms with van der Waals surface area (Å²) < 4.78 is 29.6. The summed E-state index contributed by atoms with van der Waals surface area (Å²) in [5.41, 5.74) is 7.95. The highest BCUT2D eigenvalue weighted by atomic mass is 32.2. The Morgan fingerprint density at radius 3 is 1.35 bits per heavy atom. The fourth-order valence-corrected chi connectivity index (χ4v) is 7.10. The van der Waals surface area contributed by atoms with Crippen LogP contribution < -0.4 is 0 Å². The SMILES string of the molecule is Cc1cc(C(=O)O)cs1.Cc1ccc(-c2nn[nH]n2)cc1.Cc1ccc(C(=O)O)cc1.Cc1ccc(C(=O)O)cn1.Cc1ccc(C(=O)O)s1.Cc1ccc(O)cc1.Cc1ccc(O)cc1O.Cc1ccc(S(=O)(=O)O)cc1. The number of carboxylic acids is 4. The second-order valence-electron chi connectivity index (χ2n) is 16.3. The van der Waals surface area contributed by atoms with Gasteiger partial charge in [-0.2, -0.15) is 13.6 Å². The molecule has 0 fully saturated rings. The van der Waals surface area contributed by atoms with Crippen molar-refractivity contribution in [2.24, 2.45) is 0 Å². The molecule has 0 atom stereocenters. The zero-order valence-electron chi connectivity index (χ0n) is 43.6.